The molecule has 1 saturated heterocycles. The van der Waals surface area contributed by atoms with Gasteiger partial charge in [0.2, 0.25) is 0 Å². The molecular weight excluding hydrogens is 300 g/mol. The molecular formula is C20H22N2O2. The first-order valence-electron chi connectivity index (χ1n) is 8.57. The number of carbonyl (C=O) groups is 1. The van der Waals surface area contributed by atoms with Crippen LogP contribution in [0.2, 0.25) is 0 Å². The maximum atomic E-state index is 11.1. The van der Waals surface area contributed by atoms with Gasteiger partial charge in [-0.05, 0) is 55.6 Å². The predicted octanol–water partition coefficient (Wildman–Crippen LogP) is 3.90. The molecule has 0 aromatic heterocycles. The second-order valence-electron chi connectivity index (χ2n) is 6.88. The molecule has 0 spiro atoms. The fourth-order valence-corrected chi connectivity index (χ4v) is 4.12. The molecule has 0 radical (unpaired) electrons. The monoisotopic (exact) mass is 322 g/mol. The van der Waals surface area contributed by atoms with Crippen LogP contribution in [0, 0.1) is 12.8 Å². The number of carboxylic acid groups (broad SMARTS) is 1. The number of hydrogen-bond acceptors (Lipinski definition) is 3. The third kappa shape index (κ3) is 2.57. The summed E-state index contributed by atoms with van der Waals surface area (Å²) in [6.07, 6.45) is 2.34. The number of fused-ring (bicyclic) bond motifs is 3. The van der Waals surface area contributed by atoms with E-state index >= 15 is 0 Å². The van der Waals surface area contributed by atoms with Crippen LogP contribution in [0.1, 0.15) is 52.0 Å². The minimum Gasteiger partial charge on any atom is -0.478 e. The van der Waals surface area contributed by atoms with Gasteiger partial charge in [0, 0.05) is 17.6 Å². The van der Waals surface area contributed by atoms with E-state index in [4.69, 9.17) is 5.11 Å². The number of aryl methyl sites for hydroxylation is 1. The van der Waals surface area contributed by atoms with Crippen LogP contribution in [0.15, 0.2) is 42.5 Å². The molecule has 4 rings (SSSR count). The van der Waals surface area contributed by atoms with Gasteiger partial charge < -0.3 is 15.7 Å². The average Bonchev–Trinajstić information content (AvgIpc) is 2.61. The number of anilines is 1. The van der Waals surface area contributed by atoms with Gasteiger partial charge in [0.1, 0.15) is 0 Å². The molecule has 3 N–H and O–H groups in total. The van der Waals surface area contributed by atoms with E-state index in [2.05, 4.69) is 35.8 Å². The summed E-state index contributed by atoms with van der Waals surface area (Å²) in [5, 5.41) is 16.5. The Kier molecular flexibility index (Phi) is 3.77. The molecule has 2 heterocycles. The van der Waals surface area contributed by atoms with Crippen molar-refractivity contribution in [1.82, 2.24) is 5.32 Å². The van der Waals surface area contributed by atoms with Crippen LogP contribution >= 0.6 is 0 Å². The largest absolute Gasteiger partial charge is 0.478 e. The maximum absolute atomic E-state index is 11.1. The van der Waals surface area contributed by atoms with E-state index in [1.807, 2.05) is 12.1 Å². The van der Waals surface area contributed by atoms with Crippen LogP contribution < -0.4 is 10.6 Å². The van der Waals surface area contributed by atoms with Gasteiger partial charge in [0.05, 0.1) is 11.6 Å². The Bertz CT molecular complexity index is 770. The van der Waals surface area contributed by atoms with Gasteiger partial charge in [-0.15, -0.1) is 0 Å². The SMILES string of the molecule is Cc1ccc2c(c1)[C@@H]1NCCC[C@@H]1[C@@H](c1ccc(C(=O)O)cc1)N2. The summed E-state index contributed by atoms with van der Waals surface area (Å²) >= 11 is 0. The van der Waals surface area contributed by atoms with Gasteiger partial charge in [-0.2, -0.15) is 0 Å². The highest BCUT2D eigenvalue weighted by molar-refractivity contribution is 5.87. The third-order valence-electron chi connectivity index (χ3n) is 5.30. The molecule has 124 valence electrons. The summed E-state index contributed by atoms with van der Waals surface area (Å²) < 4.78 is 0. The third-order valence-corrected chi connectivity index (χ3v) is 5.30. The lowest BCUT2D eigenvalue weighted by Crippen LogP contribution is -2.42. The first kappa shape index (κ1) is 15.2. The Hall–Kier alpha value is -2.33. The van der Waals surface area contributed by atoms with Crippen molar-refractivity contribution in [2.45, 2.75) is 31.8 Å². The molecule has 0 bridgehead atoms. The van der Waals surface area contributed by atoms with Gasteiger partial charge in [-0.25, -0.2) is 4.79 Å². The lowest BCUT2D eigenvalue weighted by molar-refractivity contribution is 0.0697. The van der Waals surface area contributed by atoms with Crippen molar-refractivity contribution in [2.24, 2.45) is 5.92 Å². The molecule has 24 heavy (non-hydrogen) atoms. The summed E-state index contributed by atoms with van der Waals surface area (Å²) in [4.78, 5) is 11.1. The first-order chi connectivity index (χ1) is 11.6. The lowest BCUT2D eigenvalue weighted by Gasteiger charge is -2.44. The summed E-state index contributed by atoms with van der Waals surface area (Å²) in [5.41, 5.74) is 5.32. The van der Waals surface area contributed by atoms with Gasteiger partial charge in [0.15, 0.2) is 0 Å². The highest BCUT2D eigenvalue weighted by atomic mass is 16.4. The summed E-state index contributed by atoms with van der Waals surface area (Å²) in [5.74, 6) is -0.403. The molecule has 0 saturated carbocycles. The van der Waals surface area contributed by atoms with Crippen LogP contribution in [0.25, 0.3) is 0 Å². The molecule has 2 aliphatic heterocycles. The normalized spacial score (nSPS) is 25.3. The molecule has 4 nitrogen and oxygen atoms in total. The standard InChI is InChI=1S/C20H22N2O2/c1-12-4-9-17-16(11-12)19-15(3-2-10-21-19)18(22-17)13-5-7-14(8-6-13)20(23)24/h4-9,11,15,18-19,21-22H,2-3,10H2,1H3,(H,23,24)/t15-,18-,19-/m1/s1. The molecule has 1 fully saturated rings. The summed E-state index contributed by atoms with van der Waals surface area (Å²) in [6, 6.07) is 14.5. The Morgan fingerprint density at radius 2 is 1.92 bits per heavy atom. The number of piperidine rings is 1. The molecule has 3 atom stereocenters. The van der Waals surface area contributed by atoms with Crippen LogP contribution in [0.5, 0.6) is 0 Å². The quantitative estimate of drug-likeness (QED) is 0.785. The van der Waals surface area contributed by atoms with E-state index in [1.165, 1.54) is 29.7 Å². The zero-order valence-corrected chi connectivity index (χ0v) is 13.8. The van der Waals surface area contributed by atoms with Crippen LogP contribution in [0.4, 0.5) is 5.69 Å². The Labute approximate surface area is 141 Å². The highest BCUT2D eigenvalue weighted by Gasteiger charge is 2.38. The first-order valence-corrected chi connectivity index (χ1v) is 8.57. The molecule has 4 heteroatoms. The smallest absolute Gasteiger partial charge is 0.335 e. The van der Waals surface area contributed by atoms with E-state index in [0.29, 0.717) is 17.5 Å². The van der Waals surface area contributed by atoms with E-state index in [1.54, 1.807) is 12.1 Å². The van der Waals surface area contributed by atoms with Crippen molar-refractivity contribution in [2.75, 3.05) is 11.9 Å². The fraction of sp³-hybridized carbons (Fsp3) is 0.350. The van der Waals surface area contributed by atoms with Crippen molar-refractivity contribution >= 4 is 11.7 Å². The Balaban J connectivity index is 1.73. The van der Waals surface area contributed by atoms with Crippen molar-refractivity contribution < 1.29 is 9.90 Å². The highest BCUT2D eigenvalue weighted by Crippen LogP contribution is 2.46. The Morgan fingerprint density at radius 1 is 1.12 bits per heavy atom. The van der Waals surface area contributed by atoms with Gasteiger partial charge in [0.25, 0.3) is 0 Å². The number of nitrogens with one attached hydrogen (secondary N) is 2. The van der Waals surface area contributed by atoms with Crippen molar-refractivity contribution in [3.63, 3.8) is 0 Å². The van der Waals surface area contributed by atoms with Crippen molar-refractivity contribution in [3.05, 3.63) is 64.7 Å². The molecule has 0 aliphatic carbocycles. The minimum atomic E-state index is -0.879. The lowest BCUT2D eigenvalue weighted by atomic mass is 9.75. The average molecular weight is 322 g/mol. The van der Waals surface area contributed by atoms with Crippen molar-refractivity contribution in [3.8, 4) is 0 Å². The number of aromatic carboxylic acids is 1. The maximum Gasteiger partial charge on any atom is 0.335 e. The fourth-order valence-electron chi connectivity index (χ4n) is 4.12. The number of benzene rings is 2. The van der Waals surface area contributed by atoms with E-state index < -0.39 is 5.97 Å². The predicted molar refractivity (Wildman–Crippen MR) is 94.4 cm³/mol. The molecule has 0 unspecified atom stereocenters. The zero-order valence-electron chi connectivity index (χ0n) is 13.8. The topological polar surface area (TPSA) is 61.4 Å². The van der Waals surface area contributed by atoms with Gasteiger partial charge >= 0.3 is 5.97 Å². The zero-order chi connectivity index (χ0) is 16.7. The second kappa shape index (κ2) is 5.95. The number of carboxylic acids is 1. The molecule has 2 aromatic carbocycles. The van der Waals surface area contributed by atoms with E-state index in [-0.39, 0.29) is 6.04 Å². The van der Waals surface area contributed by atoms with Crippen molar-refractivity contribution in [1.29, 1.82) is 0 Å². The molecule has 2 aromatic rings. The minimum absolute atomic E-state index is 0.209. The summed E-state index contributed by atoms with van der Waals surface area (Å²) in [7, 11) is 0. The Morgan fingerprint density at radius 3 is 2.67 bits per heavy atom. The van der Waals surface area contributed by atoms with Gasteiger partial charge in [-0.1, -0.05) is 29.8 Å². The number of rotatable bonds is 2. The molecule has 0 amide bonds. The van der Waals surface area contributed by atoms with Crippen LogP contribution in [-0.4, -0.2) is 17.6 Å². The summed E-state index contributed by atoms with van der Waals surface area (Å²) in [6.45, 7) is 3.19. The molecule has 2 aliphatic rings. The number of hydrogen-bond donors (Lipinski definition) is 3. The van der Waals surface area contributed by atoms with Crippen LogP contribution in [-0.2, 0) is 0 Å². The van der Waals surface area contributed by atoms with Gasteiger partial charge in [-0.3, -0.25) is 0 Å². The van der Waals surface area contributed by atoms with E-state index in [9.17, 15) is 4.79 Å². The van der Waals surface area contributed by atoms with E-state index in [0.717, 1.165) is 12.1 Å². The van der Waals surface area contributed by atoms with Crippen LogP contribution in [0.3, 0.4) is 0 Å². The second-order valence-corrected chi connectivity index (χ2v) is 6.88.